The summed E-state index contributed by atoms with van der Waals surface area (Å²) in [7, 11) is 0. The van der Waals surface area contributed by atoms with Crippen molar-refractivity contribution in [3.05, 3.63) is 29.8 Å². The normalized spacial score (nSPS) is 19.3. The maximum atomic E-state index is 5.80. The van der Waals surface area contributed by atoms with E-state index in [0.717, 1.165) is 13.1 Å². The second-order valence-corrected chi connectivity index (χ2v) is 4.30. The van der Waals surface area contributed by atoms with Crippen molar-refractivity contribution in [3.63, 3.8) is 0 Å². The molecular formula is C12H17Cl2N. The Bertz CT molecular complexity index is 314. The zero-order valence-electron chi connectivity index (χ0n) is 8.95. The van der Waals surface area contributed by atoms with Crippen molar-refractivity contribution in [2.45, 2.75) is 19.3 Å². The van der Waals surface area contributed by atoms with E-state index in [9.17, 15) is 0 Å². The molecule has 0 spiro atoms. The van der Waals surface area contributed by atoms with E-state index in [1.807, 2.05) is 0 Å². The fraction of sp³-hybridized carbons (Fsp3) is 0.500. The van der Waals surface area contributed by atoms with Gasteiger partial charge in [0.2, 0.25) is 0 Å². The van der Waals surface area contributed by atoms with Crippen LogP contribution in [0.15, 0.2) is 24.3 Å². The molecule has 0 N–H and O–H groups in total. The van der Waals surface area contributed by atoms with E-state index < -0.39 is 0 Å². The number of anilines is 1. The maximum Gasteiger partial charge on any atom is 0.0401 e. The number of rotatable bonds is 2. The Morgan fingerprint density at radius 3 is 2.87 bits per heavy atom. The molecule has 1 heterocycles. The SMILES string of the molecule is CC1CCN(CCCl)c2ccccc21.Cl. The molecule has 0 saturated heterocycles. The Kier molecular flexibility index (Phi) is 4.75. The minimum absolute atomic E-state index is 0. The van der Waals surface area contributed by atoms with Gasteiger partial charge in [0.1, 0.15) is 0 Å². The van der Waals surface area contributed by atoms with Crippen LogP contribution in [0.2, 0.25) is 0 Å². The molecule has 0 fully saturated rings. The molecule has 3 heteroatoms. The van der Waals surface area contributed by atoms with Crippen LogP contribution in [0.5, 0.6) is 0 Å². The molecular weight excluding hydrogens is 229 g/mol. The number of hydrogen-bond acceptors (Lipinski definition) is 1. The van der Waals surface area contributed by atoms with E-state index in [0.29, 0.717) is 11.8 Å². The molecule has 1 aliphatic heterocycles. The Balaban J connectivity index is 0.00000112. The van der Waals surface area contributed by atoms with Crippen molar-refractivity contribution in [1.82, 2.24) is 0 Å². The van der Waals surface area contributed by atoms with Crippen molar-refractivity contribution in [2.75, 3.05) is 23.9 Å². The van der Waals surface area contributed by atoms with Crippen LogP contribution < -0.4 is 4.90 Å². The molecule has 0 aliphatic carbocycles. The lowest BCUT2D eigenvalue weighted by atomic mass is 9.92. The first-order valence-electron chi connectivity index (χ1n) is 5.22. The molecule has 0 saturated carbocycles. The number of para-hydroxylation sites is 1. The lowest BCUT2D eigenvalue weighted by Gasteiger charge is -2.34. The van der Waals surface area contributed by atoms with Gasteiger partial charge in [0.15, 0.2) is 0 Å². The number of benzene rings is 1. The summed E-state index contributed by atoms with van der Waals surface area (Å²) in [4.78, 5) is 2.39. The van der Waals surface area contributed by atoms with Gasteiger partial charge in [-0.15, -0.1) is 24.0 Å². The average Bonchev–Trinajstić information content (AvgIpc) is 2.23. The second kappa shape index (κ2) is 5.62. The van der Waals surface area contributed by atoms with Crippen LogP contribution >= 0.6 is 24.0 Å². The summed E-state index contributed by atoms with van der Waals surface area (Å²) in [6.45, 7) is 4.41. The highest BCUT2D eigenvalue weighted by atomic mass is 35.5. The molecule has 1 aliphatic rings. The van der Waals surface area contributed by atoms with Gasteiger partial charge in [0.05, 0.1) is 0 Å². The van der Waals surface area contributed by atoms with E-state index in [2.05, 4.69) is 36.1 Å². The van der Waals surface area contributed by atoms with Crippen LogP contribution in [0, 0.1) is 0 Å². The highest BCUT2D eigenvalue weighted by Gasteiger charge is 2.20. The van der Waals surface area contributed by atoms with E-state index in [4.69, 9.17) is 11.6 Å². The van der Waals surface area contributed by atoms with Gasteiger partial charge >= 0.3 is 0 Å². The molecule has 84 valence electrons. The molecule has 0 aromatic heterocycles. The third-order valence-corrected chi connectivity index (χ3v) is 3.16. The average molecular weight is 246 g/mol. The Morgan fingerprint density at radius 1 is 1.40 bits per heavy atom. The van der Waals surface area contributed by atoms with Crippen molar-refractivity contribution in [3.8, 4) is 0 Å². The Morgan fingerprint density at radius 2 is 2.13 bits per heavy atom. The number of halogens is 2. The first-order chi connectivity index (χ1) is 6.83. The molecule has 1 aromatic carbocycles. The van der Waals surface area contributed by atoms with Crippen LogP contribution in [0.4, 0.5) is 5.69 Å². The molecule has 0 amide bonds. The fourth-order valence-corrected chi connectivity index (χ4v) is 2.36. The molecule has 0 radical (unpaired) electrons. The van der Waals surface area contributed by atoms with Crippen LogP contribution in [-0.4, -0.2) is 19.0 Å². The maximum absolute atomic E-state index is 5.80. The third kappa shape index (κ3) is 2.59. The van der Waals surface area contributed by atoms with Crippen LogP contribution in [0.25, 0.3) is 0 Å². The molecule has 1 nitrogen and oxygen atoms in total. The summed E-state index contributed by atoms with van der Waals surface area (Å²) in [5.74, 6) is 1.40. The van der Waals surface area contributed by atoms with Gasteiger partial charge < -0.3 is 4.90 Å². The molecule has 1 unspecified atom stereocenters. The van der Waals surface area contributed by atoms with Gasteiger partial charge in [-0.1, -0.05) is 25.1 Å². The van der Waals surface area contributed by atoms with E-state index in [1.165, 1.54) is 17.7 Å². The van der Waals surface area contributed by atoms with Crippen molar-refractivity contribution in [1.29, 1.82) is 0 Å². The van der Waals surface area contributed by atoms with E-state index in [1.54, 1.807) is 0 Å². The summed E-state index contributed by atoms with van der Waals surface area (Å²) < 4.78 is 0. The van der Waals surface area contributed by atoms with Crippen molar-refractivity contribution in [2.24, 2.45) is 0 Å². The highest BCUT2D eigenvalue weighted by molar-refractivity contribution is 6.18. The Hall–Kier alpha value is -0.400. The number of fused-ring (bicyclic) bond motifs is 1. The number of alkyl halides is 1. The van der Waals surface area contributed by atoms with Gasteiger partial charge in [-0.3, -0.25) is 0 Å². The zero-order valence-corrected chi connectivity index (χ0v) is 10.5. The summed E-state index contributed by atoms with van der Waals surface area (Å²) in [6.07, 6.45) is 1.24. The van der Waals surface area contributed by atoms with Gasteiger partial charge in [0, 0.05) is 24.7 Å². The molecule has 1 aromatic rings. The predicted molar refractivity (Wildman–Crippen MR) is 69.7 cm³/mol. The van der Waals surface area contributed by atoms with Crippen LogP contribution in [0.3, 0.4) is 0 Å². The topological polar surface area (TPSA) is 3.24 Å². The summed E-state index contributed by atoms with van der Waals surface area (Å²) in [5.41, 5.74) is 2.86. The van der Waals surface area contributed by atoms with Crippen LogP contribution in [0.1, 0.15) is 24.8 Å². The third-order valence-electron chi connectivity index (χ3n) is 2.99. The Labute approximate surface area is 103 Å². The molecule has 0 bridgehead atoms. The quantitative estimate of drug-likeness (QED) is 0.720. The fourth-order valence-electron chi connectivity index (χ4n) is 2.15. The van der Waals surface area contributed by atoms with E-state index in [-0.39, 0.29) is 12.4 Å². The smallest absolute Gasteiger partial charge is 0.0401 e. The predicted octanol–water partition coefficient (Wildman–Crippen LogP) is 3.66. The standard InChI is InChI=1S/C12H16ClN.ClH/c1-10-6-8-14(9-7-13)12-5-3-2-4-11(10)12;/h2-5,10H,6-9H2,1H3;1H. The molecule has 1 atom stereocenters. The zero-order chi connectivity index (χ0) is 9.97. The van der Waals surface area contributed by atoms with Gasteiger partial charge in [-0.05, 0) is 24.0 Å². The molecule has 2 rings (SSSR count). The highest BCUT2D eigenvalue weighted by Crippen LogP contribution is 2.34. The summed E-state index contributed by atoms with van der Waals surface area (Å²) in [5, 5.41) is 0. The van der Waals surface area contributed by atoms with Gasteiger partial charge in [0.25, 0.3) is 0 Å². The lowest BCUT2D eigenvalue weighted by molar-refractivity contribution is 0.619. The summed E-state index contributed by atoms with van der Waals surface area (Å²) in [6, 6.07) is 8.68. The largest absolute Gasteiger partial charge is 0.370 e. The molecule has 15 heavy (non-hydrogen) atoms. The number of hydrogen-bond donors (Lipinski definition) is 0. The van der Waals surface area contributed by atoms with Gasteiger partial charge in [-0.2, -0.15) is 0 Å². The minimum atomic E-state index is 0. The van der Waals surface area contributed by atoms with Crippen molar-refractivity contribution < 1.29 is 0 Å². The summed E-state index contributed by atoms with van der Waals surface area (Å²) >= 11 is 5.80. The first-order valence-corrected chi connectivity index (χ1v) is 5.76. The number of nitrogens with zero attached hydrogens (tertiary/aromatic N) is 1. The minimum Gasteiger partial charge on any atom is -0.370 e. The lowest BCUT2D eigenvalue weighted by Crippen LogP contribution is -2.32. The van der Waals surface area contributed by atoms with Crippen molar-refractivity contribution >= 4 is 29.7 Å². The van der Waals surface area contributed by atoms with Gasteiger partial charge in [-0.25, -0.2) is 0 Å². The van der Waals surface area contributed by atoms with Crippen LogP contribution in [-0.2, 0) is 0 Å². The first kappa shape index (κ1) is 12.7. The second-order valence-electron chi connectivity index (χ2n) is 3.92. The monoisotopic (exact) mass is 245 g/mol. The van der Waals surface area contributed by atoms with E-state index >= 15 is 0 Å².